The summed E-state index contributed by atoms with van der Waals surface area (Å²) < 4.78 is 90.3. The van der Waals surface area contributed by atoms with Gasteiger partial charge in [-0.1, -0.05) is 94.4 Å². The highest BCUT2D eigenvalue weighted by atomic mass is 32.2. The number of aryl methyl sites for hydroxylation is 1. The van der Waals surface area contributed by atoms with Crippen LogP contribution in [0.3, 0.4) is 0 Å². The van der Waals surface area contributed by atoms with Crippen LogP contribution in [-0.4, -0.2) is 23.9 Å². The highest BCUT2D eigenvalue weighted by Gasteiger charge is 2.26. The van der Waals surface area contributed by atoms with Gasteiger partial charge >= 0.3 is 0 Å². The maximum atomic E-state index is 13.7. The molecule has 10 aromatic carbocycles. The molecule has 0 aliphatic rings. The Balaban J connectivity index is 0.724. The molecule has 14 heteroatoms. The molecule has 84 heavy (non-hydrogen) atoms. The molecular weight excluding hydrogens is 1090 g/mol. The smallest absolute Gasteiger partial charge is 0.206 e. The van der Waals surface area contributed by atoms with E-state index < -0.39 is 25.1 Å². The number of rotatable bonds is 19. The third-order valence-electron chi connectivity index (χ3n) is 14.7. The summed E-state index contributed by atoms with van der Waals surface area (Å²) in [6, 6.07) is 70.4. The SMILES string of the molecule is COc1ccc(C(C)(C)c2ccc(Oc3ccc(S(=O)(=O)c4ccc(Oc5ccc(C(C)(C)c6ccc(Oc7cccc(Oc8ccc(S(=O)(=O)c9ccc(Oc%10cccc(C)c%10C#N)cc9)cc8)c7C#N)cc6)cc5)cc4)cc3)cc2)cc1. The fourth-order valence-electron chi connectivity index (χ4n) is 9.49. The zero-order valence-electron chi connectivity index (χ0n) is 46.7. The maximum Gasteiger partial charge on any atom is 0.206 e. The fourth-order valence-corrected chi connectivity index (χ4v) is 12.0. The lowest BCUT2D eigenvalue weighted by atomic mass is 9.78. The number of nitriles is 2. The molecule has 0 N–H and O–H groups in total. The molecule has 0 aliphatic heterocycles. The van der Waals surface area contributed by atoms with Crippen LogP contribution < -0.4 is 28.4 Å². The zero-order valence-corrected chi connectivity index (χ0v) is 48.4. The quantitative estimate of drug-likeness (QED) is 0.0751. The van der Waals surface area contributed by atoms with Crippen LogP contribution >= 0.6 is 0 Å². The molecule has 418 valence electrons. The number of ether oxygens (including phenoxy) is 6. The van der Waals surface area contributed by atoms with Gasteiger partial charge in [0.25, 0.3) is 0 Å². The van der Waals surface area contributed by atoms with E-state index in [4.69, 9.17) is 28.4 Å². The van der Waals surface area contributed by atoms with Crippen LogP contribution in [0.1, 0.15) is 66.6 Å². The molecule has 0 spiro atoms. The number of methoxy groups -OCH3 is 1. The summed E-state index contributed by atoms with van der Waals surface area (Å²) in [5.41, 5.74) is 4.91. The summed E-state index contributed by atoms with van der Waals surface area (Å²) in [6.07, 6.45) is 0. The van der Waals surface area contributed by atoms with Crippen LogP contribution in [0.25, 0.3) is 0 Å². The average Bonchev–Trinajstić information content (AvgIpc) is 3.34. The van der Waals surface area contributed by atoms with Crippen molar-refractivity contribution in [3.05, 3.63) is 269 Å². The van der Waals surface area contributed by atoms with E-state index in [2.05, 4.69) is 52.0 Å². The molecular formula is C70H56N2O10S2. The van der Waals surface area contributed by atoms with Crippen LogP contribution in [0.5, 0.6) is 63.2 Å². The Morgan fingerprint density at radius 3 is 0.833 bits per heavy atom. The van der Waals surface area contributed by atoms with Crippen molar-refractivity contribution in [2.75, 3.05) is 7.11 Å². The average molecular weight is 1150 g/mol. The van der Waals surface area contributed by atoms with Crippen molar-refractivity contribution in [3.8, 4) is 75.4 Å². The second kappa shape index (κ2) is 23.8. The van der Waals surface area contributed by atoms with Crippen molar-refractivity contribution in [2.45, 2.75) is 65.0 Å². The van der Waals surface area contributed by atoms with Crippen molar-refractivity contribution in [2.24, 2.45) is 0 Å². The Kier molecular flexibility index (Phi) is 16.2. The van der Waals surface area contributed by atoms with Crippen molar-refractivity contribution in [1.29, 1.82) is 10.5 Å². The molecule has 0 amide bonds. The van der Waals surface area contributed by atoms with Crippen LogP contribution in [0, 0.1) is 29.6 Å². The Morgan fingerprint density at radius 2 is 0.560 bits per heavy atom. The van der Waals surface area contributed by atoms with Gasteiger partial charge in [0.1, 0.15) is 80.9 Å². The van der Waals surface area contributed by atoms with Gasteiger partial charge in [-0.25, -0.2) is 16.8 Å². The van der Waals surface area contributed by atoms with E-state index in [9.17, 15) is 27.4 Å². The molecule has 10 rings (SSSR count). The largest absolute Gasteiger partial charge is 0.497 e. The van der Waals surface area contributed by atoms with Crippen molar-refractivity contribution >= 4 is 19.7 Å². The summed E-state index contributed by atoms with van der Waals surface area (Å²) in [5, 5.41) is 19.8. The van der Waals surface area contributed by atoms with Gasteiger partial charge in [0.15, 0.2) is 0 Å². The Labute approximate surface area is 489 Å². The van der Waals surface area contributed by atoms with Gasteiger partial charge in [0, 0.05) is 10.8 Å². The van der Waals surface area contributed by atoms with Crippen LogP contribution in [0.4, 0.5) is 0 Å². The molecule has 0 atom stereocenters. The van der Waals surface area contributed by atoms with Gasteiger partial charge in [-0.15, -0.1) is 0 Å². The third-order valence-corrected chi connectivity index (χ3v) is 18.2. The van der Waals surface area contributed by atoms with Gasteiger partial charge < -0.3 is 28.4 Å². The fraction of sp³-hybridized carbons (Fsp3) is 0.114. The minimum absolute atomic E-state index is 0.0391. The monoisotopic (exact) mass is 1150 g/mol. The lowest BCUT2D eigenvalue weighted by molar-refractivity contribution is 0.414. The highest BCUT2D eigenvalue weighted by Crippen LogP contribution is 2.40. The van der Waals surface area contributed by atoms with Crippen molar-refractivity contribution in [1.82, 2.24) is 0 Å². The molecule has 10 aromatic rings. The topological polar surface area (TPSA) is 171 Å². The first kappa shape index (κ1) is 57.1. The van der Waals surface area contributed by atoms with Crippen LogP contribution in [0.15, 0.2) is 250 Å². The minimum Gasteiger partial charge on any atom is -0.497 e. The van der Waals surface area contributed by atoms with E-state index in [1.165, 1.54) is 72.8 Å². The first-order chi connectivity index (χ1) is 40.3. The van der Waals surface area contributed by atoms with Crippen LogP contribution in [0.2, 0.25) is 0 Å². The lowest BCUT2D eigenvalue weighted by Gasteiger charge is -2.26. The summed E-state index contributed by atoms with van der Waals surface area (Å²) in [7, 11) is -6.10. The third kappa shape index (κ3) is 12.2. The highest BCUT2D eigenvalue weighted by molar-refractivity contribution is 7.91. The minimum atomic E-state index is -3.92. The molecule has 0 aromatic heterocycles. The maximum absolute atomic E-state index is 13.7. The van der Waals surface area contributed by atoms with E-state index in [1.807, 2.05) is 97.9 Å². The number of sulfone groups is 2. The van der Waals surface area contributed by atoms with E-state index in [0.717, 1.165) is 33.6 Å². The molecule has 0 saturated carbocycles. The molecule has 0 bridgehead atoms. The number of benzene rings is 10. The van der Waals surface area contributed by atoms with E-state index in [0.29, 0.717) is 51.6 Å². The second-order valence-corrected chi connectivity index (χ2v) is 24.7. The standard InChI is InChI=1S/C70H56N2O10S2/c1-47-9-7-10-66(64(47)45-71)80-58-33-41-62(42-34-58)84(75,76)63-43-35-59(36-44-63)82-68-12-8-11-67(65(68)46-72)81-57-27-19-51(20-28-57)70(4,5)50-17-25-54(26-18-50)79-56-31-39-61(40-32-56)83(73,74)60-37-29-55(30-38-60)78-53-23-15-49(16-24-53)69(2,3)48-13-21-52(77-6)22-14-48/h7-44H,1-6H3. The predicted molar refractivity (Wildman–Crippen MR) is 321 cm³/mol. The van der Waals surface area contributed by atoms with E-state index in [1.54, 1.807) is 61.7 Å². The van der Waals surface area contributed by atoms with Gasteiger partial charge in [-0.2, -0.15) is 10.5 Å². The predicted octanol–water partition coefficient (Wildman–Crippen LogP) is 17.0. The lowest BCUT2D eigenvalue weighted by Crippen LogP contribution is -2.18. The Morgan fingerprint density at radius 1 is 0.321 bits per heavy atom. The molecule has 0 radical (unpaired) electrons. The first-order valence-electron chi connectivity index (χ1n) is 26.6. The van der Waals surface area contributed by atoms with E-state index >= 15 is 0 Å². The van der Waals surface area contributed by atoms with Gasteiger partial charge in [0.2, 0.25) is 19.7 Å². The van der Waals surface area contributed by atoms with Gasteiger partial charge in [0.05, 0.1) is 32.3 Å². The van der Waals surface area contributed by atoms with Crippen molar-refractivity contribution in [3.63, 3.8) is 0 Å². The van der Waals surface area contributed by atoms with Gasteiger partial charge in [-0.05, 0) is 199 Å². The summed E-state index contributed by atoms with van der Waals surface area (Å²) in [5.74, 6) is 5.04. The molecule has 0 heterocycles. The number of hydrogen-bond acceptors (Lipinski definition) is 12. The molecule has 12 nitrogen and oxygen atoms in total. The van der Waals surface area contributed by atoms with Crippen molar-refractivity contribution < 1.29 is 45.3 Å². The van der Waals surface area contributed by atoms with Crippen LogP contribution in [-0.2, 0) is 30.5 Å². The Hall–Kier alpha value is -10.1. The molecule has 0 saturated heterocycles. The van der Waals surface area contributed by atoms with Gasteiger partial charge in [-0.3, -0.25) is 0 Å². The molecule has 0 aliphatic carbocycles. The normalized spacial score (nSPS) is 11.6. The van der Waals surface area contributed by atoms with E-state index in [-0.39, 0.29) is 42.1 Å². The Bertz CT molecular complexity index is 4310. The second-order valence-electron chi connectivity index (χ2n) is 20.8. The summed E-state index contributed by atoms with van der Waals surface area (Å²) in [4.78, 5) is 0.352. The number of hydrogen-bond donors (Lipinski definition) is 0. The summed E-state index contributed by atoms with van der Waals surface area (Å²) in [6.45, 7) is 10.3. The number of nitrogens with zero attached hydrogens (tertiary/aromatic N) is 2. The zero-order chi connectivity index (χ0) is 59.2. The first-order valence-corrected chi connectivity index (χ1v) is 29.6. The molecule has 0 unspecified atom stereocenters. The molecule has 0 fully saturated rings. The summed E-state index contributed by atoms with van der Waals surface area (Å²) >= 11 is 0.